The predicted molar refractivity (Wildman–Crippen MR) is 65.9 cm³/mol. The molecule has 0 fully saturated rings. The highest BCUT2D eigenvalue weighted by Crippen LogP contribution is 2.10. The highest BCUT2D eigenvalue weighted by molar-refractivity contribution is 5.87. The van der Waals surface area contributed by atoms with Crippen molar-refractivity contribution in [2.75, 3.05) is 12.4 Å². The van der Waals surface area contributed by atoms with Crippen molar-refractivity contribution in [2.24, 2.45) is 0 Å². The van der Waals surface area contributed by atoms with Crippen molar-refractivity contribution in [3.63, 3.8) is 0 Å². The van der Waals surface area contributed by atoms with Crippen molar-refractivity contribution in [3.8, 4) is 0 Å². The minimum absolute atomic E-state index is 0.270. The summed E-state index contributed by atoms with van der Waals surface area (Å²) in [5.74, 6) is -0.670. The zero-order valence-electron chi connectivity index (χ0n) is 9.87. The van der Waals surface area contributed by atoms with Crippen molar-refractivity contribution in [3.05, 3.63) is 53.6 Å². The SMILES string of the molecule is COC(=O)c1ccc(CNc2ccc(F)cc2)[nH]1. The molecule has 0 saturated heterocycles. The van der Waals surface area contributed by atoms with E-state index in [1.54, 1.807) is 24.3 Å². The summed E-state index contributed by atoms with van der Waals surface area (Å²) in [4.78, 5) is 14.2. The topological polar surface area (TPSA) is 54.1 Å². The highest BCUT2D eigenvalue weighted by Gasteiger charge is 2.07. The van der Waals surface area contributed by atoms with Gasteiger partial charge in [0.1, 0.15) is 11.5 Å². The summed E-state index contributed by atoms with van der Waals surface area (Å²) in [6.07, 6.45) is 0. The fourth-order valence-corrected chi connectivity index (χ4v) is 1.54. The molecule has 18 heavy (non-hydrogen) atoms. The summed E-state index contributed by atoms with van der Waals surface area (Å²) in [6.45, 7) is 0.516. The Morgan fingerprint density at radius 2 is 2.00 bits per heavy atom. The van der Waals surface area contributed by atoms with E-state index in [2.05, 4.69) is 15.0 Å². The standard InChI is InChI=1S/C13H13FN2O2/c1-18-13(17)12-7-6-11(16-12)8-15-10-4-2-9(14)3-5-10/h2-7,15-16H,8H2,1H3. The summed E-state index contributed by atoms with van der Waals surface area (Å²) in [6, 6.07) is 9.53. The molecule has 0 aliphatic carbocycles. The Labute approximate surface area is 104 Å². The van der Waals surface area contributed by atoms with E-state index in [-0.39, 0.29) is 5.82 Å². The first kappa shape index (κ1) is 12.2. The molecule has 0 aliphatic heterocycles. The molecule has 0 saturated carbocycles. The molecule has 0 atom stereocenters. The number of nitrogens with one attached hydrogen (secondary N) is 2. The molecule has 1 aromatic carbocycles. The second-order valence-corrected chi connectivity index (χ2v) is 3.75. The summed E-state index contributed by atoms with van der Waals surface area (Å²) in [7, 11) is 1.33. The van der Waals surface area contributed by atoms with Gasteiger partial charge in [0.25, 0.3) is 0 Å². The number of benzene rings is 1. The number of rotatable bonds is 4. The van der Waals surface area contributed by atoms with Crippen LogP contribution in [0.25, 0.3) is 0 Å². The van der Waals surface area contributed by atoms with E-state index in [0.717, 1.165) is 11.4 Å². The molecular weight excluding hydrogens is 235 g/mol. The van der Waals surface area contributed by atoms with E-state index in [0.29, 0.717) is 12.2 Å². The molecule has 2 rings (SSSR count). The Bertz CT molecular complexity index is 534. The molecule has 5 heteroatoms. The van der Waals surface area contributed by atoms with Gasteiger partial charge in [-0.15, -0.1) is 0 Å². The summed E-state index contributed by atoms with van der Waals surface area (Å²) in [5, 5.41) is 3.11. The lowest BCUT2D eigenvalue weighted by Gasteiger charge is -2.04. The van der Waals surface area contributed by atoms with E-state index in [9.17, 15) is 9.18 Å². The normalized spacial score (nSPS) is 10.1. The number of methoxy groups -OCH3 is 1. The smallest absolute Gasteiger partial charge is 0.354 e. The van der Waals surface area contributed by atoms with Gasteiger partial charge in [0, 0.05) is 11.4 Å². The first-order chi connectivity index (χ1) is 8.69. The van der Waals surface area contributed by atoms with Crippen LogP contribution in [0.3, 0.4) is 0 Å². The van der Waals surface area contributed by atoms with Crippen molar-refractivity contribution in [1.82, 2.24) is 4.98 Å². The van der Waals surface area contributed by atoms with Gasteiger partial charge in [0.05, 0.1) is 13.7 Å². The first-order valence-electron chi connectivity index (χ1n) is 5.44. The number of H-pyrrole nitrogens is 1. The number of esters is 1. The zero-order chi connectivity index (χ0) is 13.0. The Morgan fingerprint density at radius 1 is 1.28 bits per heavy atom. The Hall–Kier alpha value is -2.30. The number of aromatic amines is 1. The molecule has 0 radical (unpaired) electrons. The van der Waals surface area contributed by atoms with Gasteiger partial charge in [0.2, 0.25) is 0 Å². The number of aromatic nitrogens is 1. The van der Waals surface area contributed by atoms with Crippen molar-refractivity contribution in [1.29, 1.82) is 0 Å². The van der Waals surface area contributed by atoms with Crippen LogP contribution < -0.4 is 5.32 Å². The van der Waals surface area contributed by atoms with Crippen LogP contribution in [0.5, 0.6) is 0 Å². The molecule has 0 unspecified atom stereocenters. The maximum Gasteiger partial charge on any atom is 0.354 e. The Morgan fingerprint density at radius 3 is 2.67 bits per heavy atom. The second-order valence-electron chi connectivity index (χ2n) is 3.75. The van der Waals surface area contributed by atoms with Crippen LogP contribution in [0.2, 0.25) is 0 Å². The van der Waals surface area contributed by atoms with Crippen molar-refractivity contribution in [2.45, 2.75) is 6.54 Å². The van der Waals surface area contributed by atoms with Gasteiger partial charge < -0.3 is 15.0 Å². The van der Waals surface area contributed by atoms with E-state index >= 15 is 0 Å². The molecular formula is C13H13FN2O2. The minimum atomic E-state index is -0.400. The lowest BCUT2D eigenvalue weighted by atomic mass is 10.3. The molecule has 2 aromatic rings. The third-order valence-electron chi connectivity index (χ3n) is 2.48. The van der Waals surface area contributed by atoms with Crippen LogP contribution in [-0.2, 0) is 11.3 Å². The average Bonchev–Trinajstić information content (AvgIpc) is 2.86. The third kappa shape index (κ3) is 2.88. The fraction of sp³-hybridized carbons (Fsp3) is 0.154. The van der Waals surface area contributed by atoms with Gasteiger partial charge in [-0.2, -0.15) is 0 Å². The Kier molecular flexibility index (Phi) is 3.62. The maximum absolute atomic E-state index is 12.7. The van der Waals surface area contributed by atoms with Crippen molar-refractivity contribution < 1.29 is 13.9 Å². The number of carbonyl (C=O) groups excluding carboxylic acids is 1. The Balaban J connectivity index is 1.96. The molecule has 0 spiro atoms. The van der Waals surface area contributed by atoms with Crippen molar-refractivity contribution >= 4 is 11.7 Å². The monoisotopic (exact) mass is 248 g/mol. The van der Waals surface area contributed by atoms with Gasteiger partial charge in [-0.3, -0.25) is 0 Å². The molecule has 94 valence electrons. The van der Waals surface area contributed by atoms with Crippen LogP contribution in [0.4, 0.5) is 10.1 Å². The van der Waals surface area contributed by atoms with Crippen LogP contribution in [0.15, 0.2) is 36.4 Å². The van der Waals surface area contributed by atoms with Crippen LogP contribution in [0.1, 0.15) is 16.2 Å². The first-order valence-corrected chi connectivity index (χ1v) is 5.44. The predicted octanol–water partition coefficient (Wildman–Crippen LogP) is 2.55. The van der Waals surface area contributed by atoms with Crippen LogP contribution >= 0.6 is 0 Å². The van der Waals surface area contributed by atoms with Gasteiger partial charge in [0.15, 0.2) is 0 Å². The minimum Gasteiger partial charge on any atom is -0.464 e. The molecule has 1 heterocycles. The molecule has 4 nitrogen and oxygen atoms in total. The van der Waals surface area contributed by atoms with E-state index in [4.69, 9.17) is 0 Å². The number of anilines is 1. The molecule has 0 bridgehead atoms. The quantitative estimate of drug-likeness (QED) is 0.817. The van der Waals surface area contributed by atoms with Gasteiger partial charge in [-0.1, -0.05) is 0 Å². The zero-order valence-corrected chi connectivity index (χ0v) is 9.87. The fourth-order valence-electron chi connectivity index (χ4n) is 1.54. The largest absolute Gasteiger partial charge is 0.464 e. The number of hydrogen-bond donors (Lipinski definition) is 2. The highest BCUT2D eigenvalue weighted by atomic mass is 19.1. The summed E-state index contributed by atoms with van der Waals surface area (Å²) in [5.41, 5.74) is 2.07. The number of hydrogen-bond acceptors (Lipinski definition) is 3. The summed E-state index contributed by atoms with van der Waals surface area (Å²) >= 11 is 0. The second kappa shape index (κ2) is 5.35. The maximum atomic E-state index is 12.7. The van der Waals surface area contributed by atoms with Crippen LogP contribution in [0, 0.1) is 5.82 Å². The third-order valence-corrected chi connectivity index (χ3v) is 2.48. The van der Waals surface area contributed by atoms with E-state index in [1.165, 1.54) is 19.2 Å². The summed E-state index contributed by atoms with van der Waals surface area (Å²) < 4.78 is 17.3. The number of carbonyl (C=O) groups is 1. The molecule has 0 aliphatic rings. The van der Waals surface area contributed by atoms with E-state index < -0.39 is 5.97 Å². The molecule has 2 N–H and O–H groups in total. The molecule has 1 aromatic heterocycles. The number of ether oxygens (including phenoxy) is 1. The van der Waals surface area contributed by atoms with Gasteiger partial charge in [-0.05, 0) is 36.4 Å². The lowest BCUT2D eigenvalue weighted by molar-refractivity contribution is 0.0594. The number of halogens is 1. The molecule has 0 amide bonds. The average molecular weight is 248 g/mol. The van der Waals surface area contributed by atoms with E-state index in [1.807, 2.05) is 0 Å². The van der Waals surface area contributed by atoms with Crippen LogP contribution in [-0.4, -0.2) is 18.1 Å². The van der Waals surface area contributed by atoms with Gasteiger partial charge in [-0.25, -0.2) is 9.18 Å². The van der Waals surface area contributed by atoms with Gasteiger partial charge >= 0.3 is 5.97 Å². The lowest BCUT2D eigenvalue weighted by Crippen LogP contribution is -2.03.